The predicted molar refractivity (Wildman–Crippen MR) is 85.7 cm³/mol. The smallest absolute Gasteiger partial charge is 0.407 e. The van der Waals surface area contributed by atoms with E-state index >= 15 is 0 Å². The molecule has 3 rings (SSSR count). The van der Waals surface area contributed by atoms with Crippen LogP contribution in [0.1, 0.15) is 46.5 Å². The van der Waals surface area contributed by atoms with Crippen LogP contribution in [0.25, 0.3) is 0 Å². The molecule has 5 heteroatoms. The summed E-state index contributed by atoms with van der Waals surface area (Å²) >= 11 is 0. The topological polar surface area (TPSA) is 63.2 Å². The van der Waals surface area contributed by atoms with Gasteiger partial charge in [0.25, 0.3) is 0 Å². The van der Waals surface area contributed by atoms with Crippen LogP contribution in [0.4, 0.5) is 10.6 Å². The number of nitrogens with one attached hydrogen (secondary N) is 2. The number of carbonyl (C=O) groups excluding carboxylic acids is 1. The Balaban J connectivity index is 1.37. The highest BCUT2D eigenvalue weighted by molar-refractivity contribution is 5.68. The van der Waals surface area contributed by atoms with Gasteiger partial charge in [0.05, 0.1) is 0 Å². The summed E-state index contributed by atoms with van der Waals surface area (Å²) < 4.78 is 5.29. The van der Waals surface area contributed by atoms with Gasteiger partial charge in [0.15, 0.2) is 0 Å². The number of pyridine rings is 1. The predicted octanol–water partition coefficient (Wildman–Crippen LogP) is 3.33. The molecule has 2 N–H and O–H groups in total. The fourth-order valence-corrected chi connectivity index (χ4v) is 3.64. The first-order chi connectivity index (χ1) is 10.3. The molecule has 1 spiro atoms. The van der Waals surface area contributed by atoms with Crippen molar-refractivity contribution in [3.63, 3.8) is 0 Å². The zero-order valence-electron chi connectivity index (χ0n) is 13.6. The van der Waals surface area contributed by atoms with Crippen molar-refractivity contribution in [3.8, 4) is 0 Å². The fraction of sp³-hybridized carbons (Fsp3) is 0.647. The Morgan fingerprint density at radius 1 is 1.23 bits per heavy atom. The van der Waals surface area contributed by atoms with Gasteiger partial charge in [0.2, 0.25) is 0 Å². The van der Waals surface area contributed by atoms with Gasteiger partial charge < -0.3 is 15.4 Å². The minimum Gasteiger partial charge on any atom is -0.444 e. The Bertz CT molecular complexity index is 525. The Morgan fingerprint density at radius 3 is 2.50 bits per heavy atom. The van der Waals surface area contributed by atoms with E-state index < -0.39 is 5.60 Å². The van der Waals surface area contributed by atoms with Crippen LogP contribution in [0.15, 0.2) is 24.4 Å². The lowest BCUT2D eigenvalue weighted by atomic mass is 9.52. The first-order valence-electron chi connectivity index (χ1n) is 8.01. The molecule has 1 amide bonds. The number of hydrogen-bond donors (Lipinski definition) is 2. The van der Waals surface area contributed by atoms with E-state index in [1.54, 1.807) is 6.20 Å². The molecule has 2 fully saturated rings. The zero-order chi connectivity index (χ0) is 15.8. The van der Waals surface area contributed by atoms with Gasteiger partial charge in [-0.15, -0.1) is 0 Å². The molecular formula is C17H25N3O2. The second-order valence-electron chi connectivity index (χ2n) is 7.72. The lowest BCUT2D eigenvalue weighted by Crippen LogP contribution is -2.59. The van der Waals surface area contributed by atoms with E-state index in [9.17, 15) is 4.79 Å². The second kappa shape index (κ2) is 5.45. The van der Waals surface area contributed by atoms with Crippen LogP contribution in [0, 0.1) is 5.41 Å². The molecule has 2 aliphatic rings. The van der Waals surface area contributed by atoms with Crippen molar-refractivity contribution in [3.05, 3.63) is 24.4 Å². The minimum absolute atomic E-state index is 0.269. The number of amides is 1. The molecule has 1 heterocycles. The molecule has 0 bridgehead atoms. The van der Waals surface area contributed by atoms with Crippen LogP contribution in [0.5, 0.6) is 0 Å². The lowest BCUT2D eigenvalue weighted by Gasteiger charge is -2.57. The molecule has 0 radical (unpaired) electrons. The summed E-state index contributed by atoms with van der Waals surface area (Å²) in [5.41, 5.74) is -0.00812. The quantitative estimate of drug-likeness (QED) is 0.899. The molecule has 22 heavy (non-hydrogen) atoms. The van der Waals surface area contributed by atoms with Gasteiger partial charge in [0, 0.05) is 18.3 Å². The van der Waals surface area contributed by atoms with Crippen molar-refractivity contribution in [2.45, 2.75) is 64.1 Å². The third kappa shape index (κ3) is 3.51. The average Bonchev–Trinajstić information content (AvgIpc) is 2.32. The first-order valence-corrected chi connectivity index (χ1v) is 8.01. The monoisotopic (exact) mass is 303 g/mol. The molecule has 0 aromatic carbocycles. The number of nitrogens with zero attached hydrogens (tertiary/aromatic N) is 1. The van der Waals surface area contributed by atoms with Crippen LogP contribution < -0.4 is 10.6 Å². The average molecular weight is 303 g/mol. The normalized spacial score (nSPS) is 30.1. The third-order valence-electron chi connectivity index (χ3n) is 4.46. The number of anilines is 1. The number of hydrogen-bond acceptors (Lipinski definition) is 4. The molecule has 0 aliphatic heterocycles. The number of rotatable bonds is 3. The van der Waals surface area contributed by atoms with Crippen molar-refractivity contribution in [1.82, 2.24) is 10.3 Å². The summed E-state index contributed by atoms with van der Waals surface area (Å²) in [5.74, 6) is 0.949. The van der Waals surface area contributed by atoms with E-state index in [-0.39, 0.29) is 12.1 Å². The van der Waals surface area contributed by atoms with Gasteiger partial charge in [-0.3, -0.25) is 0 Å². The van der Waals surface area contributed by atoms with Crippen molar-refractivity contribution in [2.75, 3.05) is 5.32 Å². The number of alkyl carbamates (subject to hydrolysis) is 1. The van der Waals surface area contributed by atoms with Gasteiger partial charge in [0.1, 0.15) is 11.4 Å². The Labute approximate surface area is 131 Å². The highest BCUT2D eigenvalue weighted by Gasteiger charge is 2.53. The van der Waals surface area contributed by atoms with E-state index in [1.165, 1.54) is 0 Å². The Morgan fingerprint density at radius 2 is 1.91 bits per heavy atom. The fourth-order valence-electron chi connectivity index (χ4n) is 3.64. The molecule has 2 saturated carbocycles. The maximum Gasteiger partial charge on any atom is 0.407 e. The van der Waals surface area contributed by atoms with Gasteiger partial charge in [-0.1, -0.05) is 6.07 Å². The summed E-state index contributed by atoms with van der Waals surface area (Å²) in [5, 5.41) is 6.43. The zero-order valence-corrected chi connectivity index (χ0v) is 13.6. The summed E-state index contributed by atoms with van der Waals surface area (Å²) in [6.07, 6.45) is 5.96. The summed E-state index contributed by atoms with van der Waals surface area (Å²) in [4.78, 5) is 16.0. The van der Waals surface area contributed by atoms with E-state index in [2.05, 4.69) is 15.6 Å². The van der Waals surface area contributed by atoms with E-state index in [4.69, 9.17) is 4.74 Å². The Hall–Kier alpha value is -1.78. The van der Waals surface area contributed by atoms with Gasteiger partial charge in [-0.2, -0.15) is 0 Å². The third-order valence-corrected chi connectivity index (χ3v) is 4.46. The number of carbonyl (C=O) groups is 1. The molecule has 0 saturated heterocycles. The van der Waals surface area contributed by atoms with Crippen molar-refractivity contribution in [1.29, 1.82) is 0 Å². The van der Waals surface area contributed by atoms with Crippen LogP contribution in [0.2, 0.25) is 0 Å². The first kappa shape index (κ1) is 15.1. The van der Waals surface area contributed by atoms with Crippen molar-refractivity contribution in [2.24, 2.45) is 5.41 Å². The molecule has 0 atom stereocenters. The van der Waals surface area contributed by atoms with E-state index in [1.807, 2.05) is 39.0 Å². The SMILES string of the molecule is CC(C)(C)OC(=O)NC1CC2(C1)CC(Nc1ccccn1)C2. The molecule has 2 aliphatic carbocycles. The van der Waals surface area contributed by atoms with Crippen LogP contribution in [0.3, 0.4) is 0 Å². The maximum atomic E-state index is 11.7. The summed E-state index contributed by atoms with van der Waals surface area (Å²) in [6.45, 7) is 5.65. The number of ether oxygens (including phenoxy) is 1. The van der Waals surface area contributed by atoms with E-state index in [0.29, 0.717) is 11.5 Å². The molecule has 120 valence electrons. The van der Waals surface area contributed by atoms with E-state index in [0.717, 1.165) is 31.5 Å². The highest BCUT2D eigenvalue weighted by Crippen LogP contribution is 2.56. The Kier molecular flexibility index (Phi) is 3.75. The van der Waals surface area contributed by atoms with Crippen LogP contribution in [-0.4, -0.2) is 28.8 Å². The maximum absolute atomic E-state index is 11.7. The minimum atomic E-state index is -0.431. The molecule has 5 nitrogen and oxygen atoms in total. The molecule has 0 unspecified atom stereocenters. The summed E-state index contributed by atoms with van der Waals surface area (Å²) in [6, 6.07) is 6.70. The largest absolute Gasteiger partial charge is 0.444 e. The molecule has 1 aromatic heterocycles. The van der Waals surface area contributed by atoms with Crippen molar-refractivity contribution >= 4 is 11.9 Å². The second-order valence-corrected chi connectivity index (χ2v) is 7.72. The standard InChI is InChI=1S/C17H25N3O2/c1-16(2,3)22-15(21)20-13-10-17(11-13)8-12(9-17)19-14-6-4-5-7-18-14/h4-7,12-13H,8-11H2,1-3H3,(H,18,19)(H,20,21). The number of aromatic nitrogens is 1. The molecule has 1 aromatic rings. The van der Waals surface area contributed by atoms with Crippen LogP contribution in [-0.2, 0) is 4.74 Å². The van der Waals surface area contributed by atoms with Crippen LogP contribution >= 0.6 is 0 Å². The van der Waals surface area contributed by atoms with Crippen molar-refractivity contribution < 1.29 is 9.53 Å². The van der Waals surface area contributed by atoms with Gasteiger partial charge in [-0.05, 0) is 64.0 Å². The van der Waals surface area contributed by atoms with Gasteiger partial charge >= 0.3 is 6.09 Å². The highest BCUT2D eigenvalue weighted by atomic mass is 16.6. The van der Waals surface area contributed by atoms with Gasteiger partial charge in [-0.25, -0.2) is 9.78 Å². The molecular weight excluding hydrogens is 278 g/mol. The lowest BCUT2D eigenvalue weighted by molar-refractivity contribution is -0.0179. The summed E-state index contributed by atoms with van der Waals surface area (Å²) in [7, 11) is 0.